The van der Waals surface area contributed by atoms with Crippen molar-refractivity contribution in [1.29, 1.82) is 0 Å². The summed E-state index contributed by atoms with van der Waals surface area (Å²) in [4.78, 5) is 0. The van der Waals surface area contributed by atoms with Gasteiger partial charge in [0, 0.05) is 15.4 Å². The lowest BCUT2D eigenvalue weighted by Crippen LogP contribution is -2.64. The summed E-state index contributed by atoms with van der Waals surface area (Å²) in [7, 11) is -0.483. The van der Waals surface area contributed by atoms with Crippen molar-refractivity contribution in [2.24, 2.45) is 0 Å². The molecule has 0 aliphatic rings. The zero-order valence-electron chi connectivity index (χ0n) is 8.91. The third-order valence-electron chi connectivity index (χ3n) is 3.27. The minimum atomic E-state index is -1.28. The average Bonchev–Trinajstić information content (AvgIpc) is 1.87. The molecule has 1 nitrogen and oxygen atoms in total. The maximum absolute atomic E-state index is 5.69. The number of rotatable bonds is 3. The van der Waals surface area contributed by atoms with Crippen LogP contribution in [0.5, 0.6) is 0 Å². The van der Waals surface area contributed by atoms with Crippen molar-refractivity contribution in [1.82, 2.24) is 0 Å². The topological polar surface area (TPSA) is 9.23 Å². The predicted molar refractivity (Wildman–Crippen MR) is 59.5 cm³/mol. The fraction of sp³-hybridized carbons (Fsp3) is 1.00. The van der Waals surface area contributed by atoms with Crippen LogP contribution in [0.2, 0.25) is 39.3 Å². The summed E-state index contributed by atoms with van der Waals surface area (Å²) in [6.07, 6.45) is 0. The fourth-order valence-electron chi connectivity index (χ4n) is 0.857. The molecule has 67 valence electrons. The Morgan fingerprint density at radius 1 is 1.00 bits per heavy atom. The molecular weight excluding hydrogens is 184 g/mol. The van der Waals surface area contributed by atoms with Crippen molar-refractivity contribution in [2.75, 3.05) is 7.11 Å². The van der Waals surface area contributed by atoms with Crippen molar-refractivity contribution in [3.63, 3.8) is 0 Å². The molecule has 0 atom stereocenters. The first-order valence-corrected chi connectivity index (χ1v) is 14.5. The number of hydrogen-bond acceptors (Lipinski definition) is 1. The van der Waals surface area contributed by atoms with E-state index in [4.69, 9.17) is 4.43 Å². The Morgan fingerprint density at radius 2 is 1.36 bits per heavy atom. The van der Waals surface area contributed by atoms with Crippen LogP contribution in [0.3, 0.4) is 0 Å². The molecule has 0 unspecified atom stereocenters. The van der Waals surface area contributed by atoms with Gasteiger partial charge in [-0.3, -0.25) is 0 Å². The van der Waals surface area contributed by atoms with Crippen molar-refractivity contribution in [3.05, 3.63) is 0 Å². The Kier molecular flexibility index (Phi) is 3.75. The normalized spacial score (nSPS) is 14.2. The van der Waals surface area contributed by atoms with Crippen LogP contribution in [0, 0.1) is 0 Å². The van der Waals surface area contributed by atoms with Gasteiger partial charge in [0.25, 0.3) is 0 Å². The van der Waals surface area contributed by atoms with Crippen molar-refractivity contribution < 1.29 is 4.43 Å². The molecular formula is C7H21OSi3. The molecule has 1 radical (unpaired) electrons. The molecule has 0 rings (SSSR count). The minimum absolute atomic E-state index is 0.104. The molecule has 0 aromatic rings. The maximum atomic E-state index is 5.69. The van der Waals surface area contributed by atoms with Gasteiger partial charge in [0.05, 0.1) is 7.11 Å². The summed E-state index contributed by atoms with van der Waals surface area (Å²) in [6, 6.07) is 0. The second-order valence-corrected chi connectivity index (χ2v) is 28.6. The zero-order valence-corrected chi connectivity index (χ0v) is 11.9. The number of hydrogen-bond donors (Lipinski definition) is 0. The van der Waals surface area contributed by atoms with E-state index in [1.165, 1.54) is 0 Å². The van der Waals surface area contributed by atoms with Crippen molar-refractivity contribution >= 4 is 23.3 Å². The first kappa shape index (κ1) is 11.6. The van der Waals surface area contributed by atoms with Gasteiger partial charge >= 0.3 is 0 Å². The van der Waals surface area contributed by atoms with Crippen molar-refractivity contribution in [3.8, 4) is 0 Å². The molecule has 0 saturated carbocycles. The maximum Gasteiger partial charge on any atom is 0.170 e. The summed E-state index contributed by atoms with van der Waals surface area (Å²) in [6.45, 7) is 14.6. The van der Waals surface area contributed by atoms with Gasteiger partial charge in [0.15, 0.2) is 7.83 Å². The third kappa shape index (κ3) is 2.27. The zero-order chi connectivity index (χ0) is 9.28. The Balaban J connectivity index is 4.53. The lowest BCUT2D eigenvalue weighted by atomic mass is 11.8. The third-order valence-corrected chi connectivity index (χ3v) is 36.9. The monoisotopic (exact) mass is 205 g/mol. The van der Waals surface area contributed by atoms with Gasteiger partial charge in [-0.15, -0.1) is 0 Å². The van der Waals surface area contributed by atoms with Crippen LogP contribution in [0.25, 0.3) is 0 Å². The highest BCUT2D eigenvalue weighted by molar-refractivity contribution is 7.62. The molecule has 4 heteroatoms. The highest BCUT2D eigenvalue weighted by atomic mass is 29.6. The van der Waals surface area contributed by atoms with Crippen molar-refractivity contribution in [2.45, 2.75) is 39.3 Å². The fourth-order valence-corrected chi connectivity index (χ4v) is 19.5. The Bertz CT molecular complexity index is 132. The minimum Gasteiger partial charge on any atom is -0.423 e. The molecule has 0 aromatic heterocycles. The molecule has 0 aliphatic carbocycles. The summed E-state index contributed by atoms with van der Waals surface area (Å²) in [5, 5.41) is 0. The van der Waals surface area contributed by atoms with E-state index in [2.05, 4.69) is 39.3 Å². The van der Waals surface area contributed by atoms with Gasteiger partial charge in [-0.25, -0.2) is 0 Å². The molecule has 0 fully saturated rings. The quantitative estimate of drug-likeness (QED) is 0.643. The lowest BCUT2D eigenvalue weighted by molar-refractivity contribution is 0.420. The van der Waals surface area contributed by atoms with Crippen LogP contribution in [0.15, 0.2) is 0 Å². The summed E-state index contributed by atoms with van der Waals surface area (Å²) in [5.41, 5.74) is 0. The van der Waals surface area contributed by atoms with Crippen LogP contribution in [-0.4, -0.2) is 30.4 Å². The largest absolute Gasteiger partial charge is 0.423 e. The van der Waals surface area contributed by atoms with Gasteiger partial charge in [-0.05, 0) is 13.1 Å². The Labute approximate surface area is 74.5 Å². The molecule has 0 heterocycles. The summed E-state index contributed by atoms with van der Waals surface area (Å²) < 4.78 is 5.69. The second-order valence-electron chi connectivity index (χ2n) is 4.34. The highest BCUT2D eigenvalue weighted by Gasteiger charge is 2.44. The first-order valence-electron chi connectivity index (χ1n) is 4.11. The Morgan fingerprint density at radius 3 is 1.45 bits per heavy atom. The molecule has 11 heavy (non-hydrogen) atoms. The smallest absolute Gasteiger partial charge is 0.170 e. The van der Waals surface area contributed by atoms with E-state index >= 15 is 0 Å². The van der Waals surface area contributed by atoms with Crippen LogP contribution in [0.4, 0.5) is 0 Å². The van der Waals surface area contributed by atoms with Gasteiger partial charge < -0.3 is 4.43 Å². The van der Waals surface area contributed by atoms with Gasteiger partial charge in [-0.2, -0.15) is 0 Å². The standard InChI is InChI=1S/C7H21OSi3/c1-8-10(4,5)11(6,7)9(2)3/h1-7H3. The summed E-state index contributed by atoms with van der Waals surface area (Å²) in [5.74, 6) is 0. The highest BCUT2D eigenvalue weighted by Crippen LogP contribution is 2.21. The molecule has 0 N–H and O–H groups in total. The van der Waals surface area contributed by atoms with Crippen LogP contribution < -0.4 is 0 Å². The van der Waals surface area contributed by atoms with E-state index in [0.717, 1.165) is 0 Å². The Hall–Kier alpha value is 0.611. The molecule has 0 amide bonds. The van der Waals surface area contributed by atoms with E-state index in [1.54, 1.807) is 0 Å². The average molecular weight is 206 g/mol. The van der Waals surface area contributed by atoms with Crippen LogP contribution in [-0.2, 0) is 4.43 Å². The first-order chi connectivity index (χ1) is 4.75. The molecule has 0 bridgehead atoms. The van der Waals surface area contributed by atoms with Crippen LogP contribution >= 0.6 is 0 Å². The van der Waals surface area contributed by atoms with E-state index in [-0.39, 0.29) is 8.31 Å². The SMILES string of the molecule is CO[Si](C)(C)[Si](C)(C)[Si](C)C. The van der Waals surface area contributed by atoms with Gasteiger partial charge in [-0.1, -0.05) is 26.2 Å². The van der Waals surface area contributed by atoms with Crippen LogP contribution in [0.1, 0.15) is 0 Å². The predicted octanol–water partition coefficient (Wildman–Crippen LogP) is 2.46. The van der Waals surface area contributed by atoms with Gasteiger partial charge in [0.2, 0.25) is 0 Å². The van der Waals surface area contributed by atoms with E-state index in [1.807, 2.05) is 7.11 Å². The van der Waals surface area contributed by atoms with Gasteiger partial charge in [0.1, 0.15) is 0 Å². The van der Waals surface area contributed by atoms with E-state index in [0.29, 0.717) is 0 Å². The molecule has 0 saturated heterocycles. The van der Waals surface area contributed by atoms with E-state index in [9.17, 15) is 0 Å². The van der Waals surface area contributed by atoms with E-state index < -0.39 is 14.9 Å². The lowest BCUT2D eigenvalue weighted by Gasteiger charge is -2.39. The second kappa shape index (κ2) is 3.55. The molecule has 0 aliphatic heterocycles. The molecule has 0 aromatic carbocycles. The molecule has 0 spiro atoms. The summed E-state index contributed by atoms with van der Waals surface area (Å²) >= 11 is 0.